The smallest absolute Gasteiger partial charge is 0.268 e. The highest BCUT2D eigenvalue weighted by molar-refractivity contribution is 7.45. The van der Waals surface area contributed by atoms with Crippen LogP contribution in [-0.2, 0) is 18.4 Å². The standard InChI is InChI=1S/C42H83N2O6P/c1-6-8-10-12-14-16-18-20-21-22-23-24-26-28-30-32-34-36-42(46)43-40(39-50-51(47,48)49-38-37-44(3,4)5)41(45)35-33-31-29-27-25-19-17-15-13-11-9-7-2/h20-21,33,35,40-41,45H,6-19,22-32,34,36-39H2,1-5H3,(H-,43,46,47,48)/b21-20-,35-33+. The predicted octanol–water partition coefficient (Wildman–Crippen LogP) is 10.7. The van der Waals surface area contributed by atoms with Gasteiger partial charge >= 0.3 is 0 Å². The van der Waals surface area contributed by atoms with Gasteiger partial charge in [-0.05, 0) is 44.9 Å². The zero-order valence-corrected chi connectivity index (χ0v) is 35.0. The summed E-state index contributed by atoms with van der Waals surface area (Å²) in [7, 11) is 1.26. The van der Waals surface area contributed by atoms with Gasteiger partial charge in [-0.15, -0.1) is 0 Å². The molecule has 3 unspecified atom stereocenters. The second-order valence-corrected chi connectivity index (χ2v) is 17.1. The largest absolute Gasteiger partial charge is 0.756 e. The molecule has 0 fully saturated rings. The lowest BCUT2D eigenvalue weighted by atomic mass is 10.1. The molecule has 0 bridgehead atoms. The first-order valence-electron chi connectivity index (χ1n) is 21.2. The van der Waals surface area contributed by atoms with Gasteiger partial charge in [0.1, 0.15) is 13.2 Å². The van der Waals surface area contributed by atoms with Crippen molar-refractivity contribution in [1.82, 2.24) is 5.32 Å². The van der Waals surface area contributed by atoms with Crippen LogP contribution in [0, 0.1) is 0 Å². The second kappa shape index (κ2) is 34.7. The van der Waals surface area contributed by atoms with Crippen molar-refractivity contribution >= 4 is 13.7 Å². The first-order valence-corrected chi connectivity index (χ1v) is 22.7. The van der Waals surface area contributed by atoms with Gasteiger partial charge in [0.15, 0.2) is 0 Å². The second-order valence-electron chi connectivity index (χ2n) is 15.7. The summed E-state index contributed by atoms with van der Waals surface area (Å²) in [6.45, 7) is 4.62. The van der Waals surface area contributed by atoms with E-state index in [9.17, 15) is 19.4 Å². The molecule has 0 radical (unpaired) electrons. The minimum atomic E-state index is -4.58. The molecule has 3 atom stereocenters. The Morgan fingerprint density at radius 3 is 1.53 bits per heavy atom. The average molecular weight is 743 g/mol. The van der Waals surface area contributed by atoms with Gasteiger partial charge in [-0.2, -0.15) is 0 Å². The highest BCUT2D eigenvalue weighted by Gasteiger charge is 2.23. The number of rotatable bonds is 38. The van der Waals surface area contributed by atoms with Gasteiger partial charge in [0.05, 0.1) is 39.9 Å². The fraction of sp³-hybridized carbons (Fsp3) is 0.881. The third-order valence-corrected chi connectivity index (χ3v) is 10.4. The maximum Gasteiger partial charge on any atom is 0.268 e. The molecule has 1 amide bonds. The number of allylic oxidation sites excluding steroid dienone is 3. The van der Waals surface area contributed by atoms with Crippen LogP contribution in [0.4, 0.5) is 0 Å². The predicted molar refractivity (Wildman–Crippen MR) is 215 cm³/mol. The molecular formula is C42H83N2O6P. The normalized spacial score (nSPS) is 14.7. The van der Waals surface area contributed by atoms with Gasteiger partial charge in [-0.3, -0.25) is 9.36 Å². The molecule has 0 aliphatic rings. The van der Waals surface area contributed by atoms with E-state index < -0.39 is 20.0 Å². The van der Waals surface area contributed by atoms with Crippen LogP contribution in [-0.4, -0.2) is 68.5 Å². The summed E-state index contributed by atoms with van der Waals surface area (Å²) in [5, 5.41) is 13.7. The van der Waals surface area contributed by atoms with Crippen LogP contribution >= 0.6 is 7.82 Å². The molecule has 0 rings (SSSR count). The summed E-state index contributed by atoms with van der Waals surface area (Å²) in [5.41, 5.74) is 0. The van der Waals surface area contributed by atoms with Gasteiger partial charge < -0.3 is 28.8 Å². The monoisotopic (exact) mass is 743 g/mol. The molecule has 302 valence electrons. The van der Waals surface area contributed by atoms with Gasteiger partial charge in [-0.1, -0.05) is 160 Å². The van der Waals surface area contributed by atoms with E-state index in [1.54, 1.807) is 6.08 Å². The van der Waals surface area contributed by atoms with E-state index in [1.807, 2.05) is 27.2 Å². The number of aliphatic hydroxyl groups is 1. The fourth-order valence-corrected chi connectivity index (χ4v) is 6.69. The Hall–Kier alpha value is -1.02. The molecule has 8 nitrogen and oxygen atoms in total. The van der Waals surface area contributed by atoms with Crippen molar-refractivity contribution < 1.29 is 32.9 Å². The van der Waals surface area contributed by atoms with Crippen LogP contribution < -0.4 is 10.2 Å². The van der Waals surface area contributed by atoms with E-state index in [0.29, 0.717) is 17.4 Å². The van der Waals surface area contributed by atoms with Crippen LogP contribution in [0.2, 0.25) is 0 Å². The molecule has 2 N–H and O–H groups in total. The Morgan fingerprint density at radius 1 is 0.667 bits per heavy atom. The van der Waals surface area contributed by atoms with Gasteiger partial charge in [-0.25, -0.2) is 0 Å². The number of aliphatic hydroxyl groups excluding tert-OH is 1. The maximum atomic E-state index is 12.8. The molecule has 0 aromatic rings. The van der Waals surface area contributed by atoms with Crippen molar-refractivity contribution in [3.63, 3.8) is 0 Å². The third kappa shape index (κ3) is 37.1. The summed E-state index contributed by atoms with van der Waals surface area (Å²) in [4.78, 5) is 25.2. The molecule has 0 aromatic carbocycles. The molecule has 0 saturated carbocycles. The summed E-state index contributed by atoms with van der Waals surface area (Å²) in [6, 6.07) is -0.884. The number of likely N-dealkylation sites (N-methyl/N-ethyl adjacent to an activating group) is 1. The molecular weight excluding hydrogens is 659 g/mol. The topological polar surface area (TPSA) is 108 Å². The van der Waals surface area contributed by atoms with Crippen LogP contribution in [0.1, 0.15) is 187 Å². The summed E-state index contributed by atoms with van der Waals surface area (Å²) < 4.78 is 23.1. The minimum Gasteiger partial charge on any atom is -0.756 e. The van der Waals surface area contributed by atoms with E-state index in [-0.39, 0.29) is 19.1 Å². The number of phosphoric ester groups is 1. The quantitative estimate of drug-likeness (QED) is 0.0282. The van der Waals surface area contributed by atoms with E-state index >= 15 is 0 Å². The fourth-order valence-electron chi connectivity index (χ4n) is 5.97. The highest BCUT2D eigenvalue weighted by atomic mass is 31.2. The molecule has 0 aromatic heterocycles. The Bertz CT molecular complexity index is 891. The van der Waals surface area contributed by atoms with Gasteiger partial charge in [0.25, 0.3) is 7.82 Å². The summed E-state index contributed by atoms with van der Waals surface area (Å²) in [6.07, 6.45) is 39.3. The van der Waals surface area contributed by atoms with Crippen molar-refractivity contribution in [2.75, 3.05) is 40.9 Å². The number of nitrogens with one attached hydrogen (secondary N) is 1. The maximum absolute atomic E-state index is 12.8. The van der Waals surface area contributed by atoms with Crippen molar-refractivity contribution in [2.24, 2.45) is 0 Å². The summed E-state index contributed by atoms with van der Waals surface area (Å²) in [5.74, 6) is -0.204. The molecule has 51 heavy (non-hydrogen) atoms. The van der Waals surface area contributed by atoms with E-state index in [1.165, 1.54) is 128 Å². The van der Waals surface area contributed by atoms with Crippen LogP contribution in [0.15, 0.2) is 24.3 Å². The third-order valence-electron chi connectivity index (χ3n) is 9.41. The zero-order valence-electron chi connectivity index (χ0n) is 34.1. The lowest BCUT2D eigenvalue weighted by Crippen LogP contribution is -2.45. The number of nitrogens with zero attached hydrogens (tertiary/aromatic N) is 1. The van der Waals surface area contributed by atoms with E-state index in [2.05, 4.69) is 31.3 Å². The number of phosphoric acid groups is 1. The summed E-state index contributed by atoms with van der Waals surface area (Å²) >= 11 is 0. The molecule has 0 aliphatic carbocycles. The van der Waals surface area contributed by atoms with Gasteiger partial charge in [0.2, 0.25) is 5.91 Å². The van der Waals surface area contributed by atoms with Crippen LogP contribution in [0.5, 0.6) is 0 Å². The first-order chi connectivity index (χ1) is 24.5. The van der Waals surface area contributed by atoms with E-state index in [0.717, 1.165) is 38.5 Å². The molecule has 0 spiro atoms. The minimum absolute atomic E-state index is 0.00102. The van der Waals surface area contributed by atoms with Crippen molar-refractivity contribution in [1.29, 1.82) is 0 Å². The number of hydrogen-bond donors (Lipinski definition) is 2. The molecule has 0 aliphatic heterocycles. The Balaban J connectivity index is 4.43. The number of amides is 1. The number of hydrogen-bond acceptors (Lipinski definition) is 6. The van der Waals surface area contributed by atoms with Gasteiger partial charge in [0, 0.05) is 6.42 Å². The lowest BCUT2D eigenvalue weighted by Gasteiger charge is -2.29. The first kappa shape index (κ1) is 50.0. The molecule has 9 heteroatoms. The SMILES string of the molecule is CCCCCCCC/C=C\CCCCCCCCCC(=O)NC(COP(=O)([O-])OCC[N+](C)(C)C)C(O)/C=C/CCCCCCCCCCCC. The molecule has 0 heterocycles. The number of carbonyl (C=O) groups is 1. The number of quaternary nitrogens is 1. The Labute approximate surface area is 315 Å². The van der Waals surface area contributed by atoms with Crippen molar-refractivity contribution in [3.8, 4) is 0 Å². The van der Waals surface area contributed by atoms with Crippen LogP contribution in [0.25, 0.3) is 0 Å². The molecule has 0 saturated heterocycles. The lowest BCUT2D eigenvalue weighted by molar-refractivity contribution is -0.870. The zero-order chi connectivity index (χ0) is 37.9. The van der Waals surface area contributed by atoms with Crippen LogP contribution in [0.3, 0.4) is 0 Å². The Kier molecular flexibility index (Phi) is 34.0. The highest BCUT2D eigenvalue weighted by Crippen LogP contribution is 2.38. The number of unbranched alkanes of at least 4 members (excludes halogenated alkanes) is 23. The van der Waals surface area contributed by atoms with Crippen molar-refractivity contribution in [3.05, 3.63) is 24.3 Å². The Morgan fingerprint density at radius 2 is 1.08 bits per heavy atom. The van der Waals surface area contributed by atoms with E-state index in [4.69, 9.17) is 9.05 Å². The number of carbonyl (C=O) groups excluding carboxylic acids is 1. The van der Waals surface area contributed by atoms with Crippen molar-refractivity contribution in [2.45, 2.75) is 199 Å². The average Bonchev–Trinajstić information content (AvgIpc) is 3.07.